The van der Waals surface area contributed by atoms with Crippen LogP contribution in [-0.2, 0) is 0 Å². The molecule has 0 aliphatic heterocycles. The number of fused-ring (bicyclic) bond motifs is 1. The van der Waals surface area contributed by atoms with Crippen molar-refractivity contribution < 1.29 is 0 Å². The van der Waals surface area contributed by atoms with Crippen LogP contribution in [-0.4, -0.2) is 4.98 Å². The average Bonchev–Trinajstić information content (AvgIpc) is 2.12. The van der Waals surface area contributed by atoms with Gasteiger partial charge in [-0.2, -0.15) is 0 Å². The summed E-state index contributed by atoms with van der Waals surface area (Å²) in [6.45, 7) is 1.80. The molecule has 2 aromatic rings. The van der Waals surface area contributed by atoms with Gasteiger partial charge in [-0.25, -0.2) is 0 Å². The van der Waals surface area contributed by atoms with Gasteiger partial charge < -0.3 is 4.98 Å². The number of rotatable bonds is 0. The first-order valence-electron chi connectivity index (χ1n) is 4.07. The first-order valence-corrected chi connectivity index (χ1v) is 4.83. The minimum Gasteiger partial charge on any atom is -0.326 e. The summed E-state index contributed by atoms with van der Waals surface area (Å²) in [5.74, 6) is 0. The van der Waals surface area contributed by atoms with Gasteiger partial charge in [-0.3, -0.25) is 4.79 Å². The van der Waals surface area contributed by atoms with E-state index in [0.29, 0.717) is 20.8 Å². The third kappa shape index (κ3) is 1.41. The molecule has 0 spiro atoms. The van der Waals surface area contributed by atoms with Gasteiger partial charge in [0.05, 0.1) is 10.0 Å². The second-order valence-corrected chi connectivity index (χ2v) is 3.89. The van der Waals surface area contributed by atoms with E-state index in [4.69, 9.17) is 23.2 Å². The number of nitrogens with one attached hydrogen (secondary N) is 1. The lowest BCUT2D eigenvalue weighted by Crippen LogP contribution is -2.07. The molecule has 1 N–H and O–H groups in total. The standard InChI is InChI=1S/C10H7Cl2NO/c1-5-4-7-6(10(14)13-5)2-3-8(11)9(7)12/h2-4H,1H3,(H,13,14). The second-order valence-electron chi connectivity index (χ2n) is 3.10. The largest absolute Gasteiger partial charge is 0.326 e. The van der Waals surface area contributed by atoms with Crippen LogP contribution in [0.3, 0.4) is 0 Å². The minimum absolute atomic E-state index is 0.140. The molecule has 0 aliphatic rings. The Morgan fingerprint density at radius 2 is 1.93 bits per heavy atom. The molecule has 14 heavy (non-hydrogen) atoms. The fourth-order valence-electron chi connectivity index (χ4n) is 1.40. The number of aromatic amines is 1. The van der Waals surface area contributed by atoms with E-state index in [9.17, 15) is 4.79 Å². The Hall–Kier alpha value is -0.990. The predicted molar refractivity (Wildman–Crippen MR) is 59.3 cm³/mol. The number of aromatic nitrogens is 1. The summed E-state index contributed by atoms with van der Waals surface area (Å²) >= 11 is 11.8. The molecule has 1 heterocycles. The first-order chi connectivity index (χ1) is 6.59. The van der Waals surface area contributed by atoms with Gasteiger partial charge in [-0.15, -0.1) is 0 Å². The molecule has 0 amide bonds. The number of hydrogen-bond acceptors (Lipinski definition) is 1. The number of H-pyrrole nitrogens is 1. The summed E-state index contributed by atoms with van der Waals surface area (Å²) in [6, 6.07) is 5.10. The summed E-state index contributed by atoms with van der Waals surface area (Å²) in [7, 11) is 0. The van der Waals surface area contributed by atoms with E-state index in [1.807, 2.05) is 6.07 Å². The third-order valence-electron chi connectivity index (χ3n) is 2.05. The van der Waals surface area contributed by atoms with Crippen molar-refractivity contribution in [1.29, 1.82) is 0 Å². The van der Waals surface area contributed by atoms with Crippen molar-refractivity contribution in [2.24, 2.45) is 0 Å². The molecule has 0 saturated heterocycles. The van der Waals surface area contributed by atoms with Crippen LogP contribution in [0.25, 0.3) is 10.8 Å². The van der Waals surface area contributed by atoms with Gasteiger partial charge >= 0.3 is 0 Å². The number of pyridine rings is 1. The smallest absolute Gasteiger partial charge is 0.256 e. The molecule has 0 unspecified atom stereocenters. The minimum atomic E-state index is -0.140. The molecule has 2 nitrogen and oxygen atoms in total. The van der Waals surface area contributed by atoms with Crippen molar-refractivity contribution in [3.63, 3.8) is 0 Å². The van der Waals surface area contributed by atoms with Gasteiger partial charge in [-0.1, -0.05) is 23.2 Å². The van der Waals surface area contributed by atoms with Crippen molar-refractivity contribution >= 4 is 34.0 Å². The SMILES string of the molecule is Cc1cc2c(Cl)c(Cl)ccc2c(=O)[nH]1. The highest BCUT2D eigenvalue weighted by Crippen LogP contribution is 2.29. The normalized spacial score (nSPS) is 10.8. The van der Waals surface area contributed by atoms with Crippen molar-refractivity contribution in [3.05, 3.63) is 44.3 Å². The van der Waals surface area contributed by atoms with Crippen LogP contribution in [0, 0.1) is 6.92 Å². The molecule has 0 aliphatic carbocycles. The first kappa shape index (κ1) is 9.56. The van der Waals surface area contributed by atoms with Gasteiger partial charge in [0.1, 0.15) is 0 Å². The van der Waals surface area contributed by atoms with Crippen LogP contribution < -0.4 is 5.56 Å². The fourth-order valence-corrected chi connectivity index (χ4v) is 1.79. The van der Waals surface area contributed by atoms with Crippen LogP contribution in [0.2, 0.25) is 10.0 Å². The summed E-state index contributed by atoms with van der Waals surface area (Å²) in [4.78, 5) is 14.2. The van der Waals surface area contributed by atoms with Crippen LogP contribution >= 0.6 is 23.2 Å². The Bertz CT molecular complexity index is 560. The van der Waals surface area contributed by atoms with Crippen molar-refractivity contribution in [2.75, 3.05) is 0 Å². The molecule has 4 heteroatoms. The molecule has 1 aromatic heterocycles. The van der Waals surface area contributed by atoms with E-state index in [-0.39, 0.29) is 5.56 Å². The number of benzene rings is 1. The van der Waals surface area contributed by atoms with E-state index >= 15 is 0 Å². The lowest BCUT2D eigenvalue weighted by molar-refractivity contribution is 1.17. The van der Waals surface area contributed by atoms with E-state index < -0.39 is 0 Å². The van der Waals surface area contributed by atoms with Crippen molar-refractivity contribution in [1.82, 2.24) is 4.98 Å². The molecule has 0 bridgehead atoms. The highest BCUT2D eigenvalue weighted by molar-refractivity contribution is 6.45. The number of aryl methyl sites for hydroxylation is 1. The Balaban J connectivity index is 3.03. The molecule has 0 radical (unpaired) electrons. The maximum Gasteiger partial charge on any atom is 0.256 e. The molecule has 0 atom stereocenters. The zero-order chi connectivity index (χ0) is 10.3. The average molecular weight is 228 g/mol. The fraction of sp³-hybridized carbons (Fsp3) is 0.100. The highest BCUT2D eigenvalue weighted by Gasteiger charge is 2.06. The number of halogens is 2. The lowest BCUT2D eigenvalue weighted by atomic mass is 10.1. The van der Waals surface area contributed by atoms with Gasteiger partial charge in [0.25, 0.3) is 5.56 Å². The van der Waals surface area contributed by atoms with Crippen molar-refractivity contribution in [2.45, 2.75) is 6.92 Å². The molecule has 72 valence electrons. The quantitative estimate of drug-likeness (QED) is 0.738. The molecular weight excluding hydrogens is 221 g/mol. The van der Waals surface area contributed by atoms with E-state index in [1.165, 1.54) is 0 Å². The third-order valence-corrected chi connectivity index (χ3v) is 2.87. The Morgan fingerprint density at radius 1 is 1.21 bits per heavy atom. The molecule has 2 rings (SSSR count). The summed E-state index contributed by atoms with van der Waals surface area (Å²) in [5, 5.41) is 2.15. The van der Waals surface area contributed by atoms with E-state index in [0.717, 1.165) is 5.69 Å². The summed E-state index contributed by atoms with van der Waals surface area (Å²) < 4.78 is 0. The molecular formula is C10H7Cl2NO. The van der Waals surface area contributed by atoms with Crippen LogP contribution in [0.4, 0.5) is 0 Å². The molecule has 0 saturated carbocycles. The van der Waals surface area contributed by atoms with Gasteiger partial charge in [0.15, 0.2) is 0 Å². The van der Waals surface area contributed by atoms with Crippen LogP contribution in [0.5, 0.6) is 0 Å². The van der Waals surface area contributed by atoms with E-state index in [2.05, 4.69) is 4.98 Å². The lowest BCUT2D eigenvalue weighted by Gasteiger charge is -2.02. The Morgan fingerprint density at radius 3 is 2.64 bits per heavy atom. The monoisotopic (exact) mass is 227 g/mol. The summed E-state index contributed by atoms with van der Waals surface area (Å²) in [6.07, 6.45) is 0. The zero-order valence-corrected chi connectivity index (χ0v) is 8.91. The predicted octanol–water partition coefficient (Wildman–Crippen LogP) is 3.14. The summed E-state index contributed by atoms with van der Waals surface area (Å²) in [5.41, 5.74) is 0.630. The van der Waals surface area contributed by atoms with Gasteiger partial charge in [0, 0.05) is 16.5 Å². The van der Waals surface area contributed by atoms with E-state index in [1.54, 1.807) is 19.1 Å². The maximum atomic E-state index is 11.5. The zero-order valence-electron chi connectivity index (χ0n) is 7.40. The maximum absolute atomic E-state index is 11.5. The van der Waals surface area contributed by atoms with Gasteiger partial charge in [0.2, 0.25) is 0 Å². The second kappa shape index (κ2) is 3.30. The van der Waals surface area contributed by atoms with Crippen LogP contribution in [0.15, 0.2) is 23.0 Å². The topological polar surface area (TPSA) is 32.9 Å². The Labute approximate surface area is 90.5 Å². The van der Waals surface area contributed by atoms with Crippen molar-refractivity contribution in [3.8, 4) is 0 Å². The molecule has 1 aromatic carbocycles. The number of hydrogen-bond donors (Lipinski definition) is 1. The Kier molecular flexibility index (Phi) is 2.25. The molecule has 0 fully saturated rings. The highest BCUT2D eigenvalue weighted by atomic mass is 35.5. The van der Waals surface area contributed by atoms with Crippen LogP contribution in [0.1, 0.15) is 5.69 Å². The van der Waals surface area contributed by atoms with Gasteiger partial charge in [-0.05, 0) is 25.1 Å².